The van der Waals surface area contributed by atoms with E-state index in [4.69, 9.17) is 16.5 Å². The number of rotatable bonds is 6. The van der Waals surface area contributed by atoms with E-state index in [-0.39, 0.29) is 5.78 Å². The van der Waals surface area contributed by atoms with E-state index in [0.29, 0.717) is 34.0 Å². The predicted octanol–water partition coefficient (Wildman–Crippen LogP) is 11.6. The number of ketones is 1. The molecule has 0 bridgehead atoms. The molecule has 1 aliphatic rings. The Bertz CT molecular complexity index is 2590. The quantitative estimate of drug-likeness (QED) is 0.165. The molecule has 0 radical (unpaired) electrons. The van der Waals surface area contributed by atoms with Crippen LogP contribution in [-0.2, 0) is 5.41 Å². The molecule has 53 heavy (non-hydrogen) atoms. The second kappa shape index (κ2) is 13.2. The largest absolute Gasteiger partial charge is 0.289 e. The van der Waals surface area contributed by atoms with E-state index in [1.54, 1.807) is 0 Å². The SMILES string of the molecule is [C-]#[N+]c1c(-c2ccccc2)nc(-c2cccc(-c3cccc(C4(c5ccccc5)c5ccccc5C(=O)c5ccccc54)c3)c2)nc1-c1ccccc1. The number of hydrogen-bond acceptors (Lipinski definition) is 3. The van der Waals surface area contributed by atoms with Crippen LogP contribution < -0.4 is 0 Å². The summed E-state index contributed by atoms with van der Waals surface area (Å²) < 4.78 is 0. The monoisotopic (exact) mass is 677 g/mol. The number of carbonyl (C=O) groups is 1. The van der Waals surface area contributed by atoms with Gasteiger partial charge in [-0.15, -0.1) is 0 Å². The summed E-state index contributed by atoms with van der Waals surface area (Å²) in [6.45, 7) is 8.16. The van der Waals surface area contributed by atoms with Crippen molar-refractivity contribution in [3.63, 3.8) is 0 Å². The first-order valence-electron chi connectivity index (χ1n) is 17.6. The van der Waals surface area contributed by atoms with Crippen LogP contribution in [-0.4, -0.2) is 15.8 Å². The van der Waals surface area contributed by atoms with E-state index < -0.39 is 5.41 Å². The molecule has 7 aromatic carbocycles. The average Bonchev–Trinajstić information content (AvgIpc) is 3.24. The Morgan fingerprint density at radius 2 is 0.868 bits per heavy atom. The van der Waals surface area contributed by atoms with E-state index in [2.05, 4.69) is 77.6 Å². The molecule has 1 heterocycles. The smallest absolute Gasteiger partial charge is 0.238 e. The van der Waals surface area contributed by atoms with Gasteiger partial charge >= 0.3 is 0 Å². The zero-order valence-corrected chi connectivity index (χ0v) is 28.6. The van der Waals surface area contributed by atoms with Gasteiger partial charge in [-0.2, -0.15) is 0 Å². The molecule has 248 valence electrons. The van der Waals surface area contributed by atoms with Gasteiger partial charge < -0.3 is 0 Å². The van der Waals surface area contributed by atoms with Crippen LogP contribution in [0.15, 0.2) is 188 Å². The molecule has 0 atom stereocenters. The zero-order valence-electron chi connectivity index (χ0n) is 28.6. The number of fused-ring (bicyclic) bond motifs is 2. The normalized spacial score (nSPS) is 12.7. The number of benzene rings is 7. The van der Waals surface area contributed by atoms with Crippen LogP contribution in [0.1, 0.15) is 38.2 Å². The predicted molar refractivity (Wildman–Crippen MR) is 212 cm³/mol. The fourth-order valence-corrected chi connectivity index (χ4v) is 7.84. The number of aromatic nitrogens is 2. The van der Waals surface area contributed by atoms with Crippen LogP contribution in [0.5, 0.6) is 0 Å². The highest BCUT2D eigenvalue weighted by Crippen LogP contribution is 2.51. The second-order valence-electron chi connectivity index (χ2n) is 13.1. The van der Waals surface area contributed by atoms with E-state index in [0.717, 1.165) is 50.1 Å². The van der Waals surface area contributed by atoms with Gasteiger partial charge in [0.15, 0.2) is 11.6 Å². The van der Waals surface area contributed by atoms with Crippen LogP contribution in [0.2, 0.25) is 0 Å². The molecule has 0 N–H and O–H groups in total. The van der Waals surface area contributed by atoms with Crippen molar-refractivity contribution >= 4 is 11.5 Å². The summed E-state index contributed by atoms with van der Waals surface area (Å²) in [6.07, 6.45) is 0. The minimum absolute atomic E-state index is 0.0422. The molecule has 0 spiro atoms. The Kier molecular flexibility index (Phi) is 7.88. The van der Waals surface area contributed by atoms with Crippen LogP contribution in [0, 0.1) is 6.57 Å². The first-order valence-corrected chi connectivity index (χ1v) is 17.6. The van der Waals surface area contributed by atoms with Gasteiger partial charge in [-0.3, -0.25) is 4.79 Å². The Morgan fingerprint density at radius 1 is 0.434 bits per heavy atom. The maximum atomic E-state index is 14.0. The van der Waals surface area contributed by atoms with Crippen molar-refractivity contribution in [3.8, 4) is 45.0 Å². The van der Waals surface area contributed by atoms with Gasteiger partial charge in [0, 0.05) is 16.7 Å². The molecule has 0 saturated carbocycles. The highest BCUT2D eigenvalue weighted by molar-refractivity contribution is 6.14. The number of hydrogen-bond donors (Lipinski definition) is 0. The highest BCUT2D eigenvalue weighted by atomic mass is 16.1. The van der Waals surface area contributed by atoms with E-state index in [1.807, 2.05) is 115 Å². The van der Waals surface area contributed by atoms with Crippen molar-refractivity contribution in [2.75, 3.05) is 0 Å². The third-order valence-corrected chi connectivity index (χ3v) is 10.2. The van der Waals surface area contributed by atoms with Gasteiger partial charge in [-0.1, -0.05) is 176 Å². The van der Waals surface area contributed by atoms with Gasteiger partial charge in [0.2, 0.25) is 5.69 Å². The van der Waals surface area contributed by atoms with Gasteiger partial charge in [0.05, 0.1) is 23.4 Å². The minimum atomic E-state index is -0.732. The third kappa shape index (κ3) is 5.26. The van der Waals surface area contributed by atoms with E-state index in [9.17, 15) is 4.79 Å². The summed E-state index contributed by atoms with van der Waals surface area (Å²) in [5.41, 5.74) is 11.0. The highest BCUT2D eigenvalue weighted by Gasteiger charge is 2.46. The Balaban J connectivity index is 1.24. The maximum absolute atomic E-state index is 14.0. The number of carbonyl (C=O) groups excluding carboxylic acids is 1. The lowest BCUT2D eigenvalue weighted by Crippen LogP contribution is -2.38. The summed E-state index contributed by atoms with van der Waals surface area (Å²) in [4.78, 5) is 28.0. The van der Waals surface area contributed by atoms with E-state index >= 15 is 0 Å². The summed E-state index contributed by atoms with van der Waals surface area (Å²) >= 11 is 0. The fourth-order valence-electron chi connectivity index (χ4n) is 7.84. The van der Waals surface area contributed by atoms with Crippen LogP contribution >= 0.6 is 0 Å². The minimum Gasteiger partial charge on any atom is -0.289 e. The zero-order chi connectivity index (χ0) is 35.8. The van der Waals surface area contributed by atoms with Crippen molar-refractivity contribution in [2.45, 2.75) is 5.41 Å². The molecular weight excluding hydrogens is 647 g/mol. The third-order valence-electron chi connectivity index (χ3n) is 10.2. The van der Waals surface area contributed by atoms with Crippen molar-refractivity contribution in [3.05, 3.63) is 233 Å². The van der Waals surface area contributed by atoms with Crippen LogP contribution in [0.3, 0.4) is 0 Å². The Labute approximate surface area is 308 Å². The number of nitrogens with zero attached hydrogens (tertiary/aromatic N) is 3. The van der Waals surface area contributed by atoms with Crippen molar-refractivity contribution in [1.82, 2.24) is 9.97 Å². The lowest BCUT2D eigenvalue weighted by atomic mass is 9.59. The molecule has 1 aliphatic carbocycles. The Hall–Kier alpha value is -7.22. The van der Waals surface area contributed by atoms with Gasteiger partial charge in [0.1, 0.15) is 0 Å². The van der Waals surface area contributed by atoms with Gasteiger partial charge in [0.25, 0.3) is 0 Å². The van der Waals surface area contributed by atoms with Crippen molar-refractivity contribution in [1.29, 1.82) is 0 Å². The Morgan fingerprint density at radius 3 is 1.43 bits per heavy atom. The molecule has 0 aliphatic heterocycles. The summed E-state index contributed by atoms with van der Waals surface area (Å²) in [5, 5.41) is 0. The lowest BCUT2D eigenvalue weighted by molar-refractivity contribution is 0.103. The topological polar surface area (TPSA) is 47.2 Å². The molecular formula is C49H31N3O. The van der Waals surface area contributed by atoms with Crippen molar-refractivity contribution < 1.29 is 4.79 Å². The molecule has 0 saturated heterocycles. The molecule has 1 aromatic heterocycles. The molecule has 0 fully saturated rings. The van der Waals surface area contributed by atoms with Gasteiger partial charge in [-0.25, -0.2) is 14.8 Å². The molecule has 9 rings (SSSR count). The standard InChI is InChI=1S/C49H31N3O/c1-50-46-44(33-17-5-2-6-18-33)51-48(52-45(46)34-19-7-3-8-20-34)37-23-15-21-35(31-37)36-22-16-26-39(32-36)49(38-24-9-4-10-25-38)42-29-13-11-27-40(42)47(53)41-28-12-14-30-43(41)49/h2-32H. The molecule has 0 unspecified atom stereocenters. The van der Waals surface area contributed by atoms with Gasteiger partial charge in [-0.05, 0) is 56.6 Å². The van der Waals surface area contributed by atoms with Crippen molar-refractivity contribution in [2.24, 2.45) is 0 Å². The van der Waals surface area contributed by atoms with Crippen LogP contribution in [0.4, 0.5) is 5.69 Å². The first-order chi connectivity index (χ1) is 26.2. The fraction of sp³-hybridized carbons (Fsp3) is 0.0204. The summed E-state index contributed by atoms with van der Waals surface area (Å²) in [6, 6.07) is 63.2. The lowest BCUT2D eigenvalue weighted by Gasteiger charge is -2.41. The first kappa shape index (κ1) is 31.7. The average molecular weight is 678 g/mol. The molecule has 4 heteroatoms. The molecule has 4 nitrogen and oxygen atoms in total. The summed E-state index contributed by atoms with van der Waals surface area (Å²) in [5.74, 6) is 0.586. The second-order valence-corrected chi connectivity index (χ2v) is 13.1. The maximum Gasteiger partial charge on any atom is 0.238 e. The molecule has 8 aromatic rings. The summed E-state index contributed by atoms with van der Waals surface area (Å²) in [7, 11) is 0. The van der Waals surface area contributed by atoms with E-state index in [1.165, 1.54) is 0 Å². The molecule has 0 amide bonds. The van der Waals surface area contributed by atoms with Crippen LogP contribution in [0.25, 0.3) is 49.9 Å².